The third-order valence-electron chi connectivity index (χ3n) is 7.49. The van der Waals surface area contributed by atoms with Gasteiger partial charge in [0.15, 0.2) is 11.5 Å². The minimum absolute atomic E-state index is 0.244. The molecule has 0 spiro atoms. The Morgan fingerprint density at radius 2 is 1.93 bits per heavy atom. The van der Waals surface area contributed by atoms with Crippen LogP contribution in [0.2, 0.25) is 0 Å². The summed E-state index contributed by atoms with van der Waals surface area (Å²) in [4.78, 5) is 32.6. The van der Waals surface area contributed by atoms with Gasteiger partial charge in [-0.15, -0.1) is 5.10 Å². The number of ether oxygens (including phenoxy) is 1. The summed E-state index contributed by atoms with van der Waals surface area (Å²) < 4.78 is 11.0. The molecule has 212 valence electrons. The molecule has 0 fully saturated rings. The Bertz CT molecular complexity index is 2180. The highest BCUT2D eigenvalue weighted by Gasteiger charge is 2.31. The highest BCUT2D eigenvalue weighted by atomic mass is 16.5. The summed E-state index contributed by atoms with van der Waals surface area (Å²) in [6, 6.07) is 14.2. The SMILES string of the molecule is CNc1nn2cccnc2c1C(=O)N[C@@H](C)c1c2c3c(ccc(C#Cc4cnn(C)c4)c3c(=O)n1-c1ccccc1)OC2. The van der Waals surface area contributed by atoms with Crippen molar-refractivity contribution in [2.24, 2.45) is 7.05 Å². The summed E-state index contributed by atoms with van der Waals surface area (Å²) in [5, 5.41) is 15.9. The van der Waals surface area contributed by atoms with E-state index in [9.17, 15) is 9.59 Å². The summed E-state index contributed by atoms with van der Waals surface area (Å²) in [5.41, 5.74) is 3.92. The standard InChI is InChI=1S/C32H26N8O3/c1-19(36-31(41)27-29(33-2)37-39-15-7-14-34-30(27)39)28-23-18-43-24-13-12-21(11-10-20-16-35-38(3)17-20)25(26(23)24)32(42)40(28)22-8-5-4-6-9-22/h4-9,12-17,19H,18H2,1-3H3,(H,33,37)(H,36,41)/t19-/m0/s1. The van der Waals surface area contributed by atoms with Crippen molar-refractivity contribution in [3.63, 3.8) is 0 Å². The molecule has 2 aromatic carbocycles. The first-order valence-electron chi connectivity index (χ1n) is 13.7. The fourth-order valence-electron chi connectivity index (χ4n) is 5.63. The zero-order valence-electron chi connectivity index (χ0n) is 23.6. The van der Waals surface area contributed by atoms with Crippen LogP contribution in [0.1, 0.15) is 45.7 Å². The molecule has 5 heterocycles. The average molecular weight is 571 g/mol. The summed E-state index contributed by atoms with van der Waals surface area (Å²) in [6.07, 6.45) is 6.84. The summed E-state index contributed by atoms with van der Waals surface area (Å²) in [6.45, 7) is 2.10. The van der Waals surface area contributed by atoms with Crippen LogP contribution in [0.25, 0.3) is 22.1 Å². The zero-order valence-corrected chi connectivity index (χ0v) is 23.6. The lowest BCUT2D eigenvalue weighted by Gasteiger charge is -2.23. The van der Waals surface area contributed by atoms with Crippen molar-refractivity contribution in [3.8, 4) is 23.3 Å². The van der Waals surface area contributed by atoms with Crippen molar-refractivity contribution in [3.05, 3.63) is 112 Å². The van der Waals surface area contributed by atoms with Crippen LogP contribution in [0, 0.1) is 11.8 Å². The van der Waals surface area contributed by atoms with Crippen molar-refractivity contribution in [2.75, 3.05) is 12.4 Å². The lowest BCUT2D eigenvalue weighted by Crippen LogP contribution is -2.33. The maximum atomic E-state index is 14.5. The molecule has 0 aliphatic carbocycles. The highest BCUT2D eigenvalue weighted by molar-refractivity contribution is 6.05. The number of pyridine rings is 1. The second-order valence-electron chi connectivity index (χ2n) is 10.2. The third-order valence-corrected chi connectivity index (χ3v) is 7.49. The molecule has 1 aliphatic heterocycles. The van der Waals surface area contributed by atoms with Gasteiger partial charge in [-0.1, -0.05) is 30.0 Å². The number of nitrogens with zero attached hydrogens (tertiary/aromatic N) is 6. The van der Waals surface area contributed by atoms with Crippen LogP contribution < -0.4 is 20.9 Å². The van der Waals surface area contributed by atoms with E-state index in [-0.39, 0.29) is 18.1 Å². The molecular formula is C32H26N8O3. The topological polar surface area (TPSA) is 120 Å². The first-order chi connectivity index (χ1) is 20.9. The number of anilines is 1. The predicted molar refractivity (Wildman–Crippen MR) is 161 cm³/mol. The van der Waals surface area contributed by atoms with E-state index in [4.69, 9.17) is 4.74 Å². The van der Waals surface area contributed by atoms with Gasteiger partial charge in [0.25, 0.3) is 11.5 Å². The van der Waals surface area contributed by atoms with Crippen molar-refractivity contribution < 1.29 is 9.53 Å². The van der Waals surface area contributed by atoms with Gasteiger partial charge in [0.05, 0.1) is 28.9 Å². The second kappa shape index (κ2) is 10.2. The molecule has 43 heavy (non-hydrogen) atoms. The van der Waals surface area contributed by atoms with Gasteiger partial charge in [-0.3, -0.25) is 18.8 Å². The van der Waals surface area contributed by atoms with Crippen LogP contribution in [0.4, 0.5) is 5.82 Å². The van der Waals surface area contributed by atoms with Gasteiger partial charge in [-0.25, -0.2) is 9.50 Å². The number of fused-ring (bicyclic) bond motifs is 1. The Morgan fingerprint density at radius 1 is 1.09 bits per heavy atom. The largest absolute Gasteiger partial charge is 0.488 e. The van der Waals surface area contributed by atoms with Crippen LogP contribution in [-0.2, 0) is 13.7 Å². The predicted octanol–water partition coefficient (Wildman–Crippen LogP) is 3.59. The minimum Gasteiger partial charge on any atom is -0.488 e. The Hall–Kier alpha value is -5.89. The number of nitrogens with one attached hydrogen (secondary N) is 2. The average Bonchev–Trinajstić information content (AvgIpc) is 3.74. The number of carbonyl (C=O) groups excluding carboxylic acids is 1. The van der Waals surface area contributed by atoms with E-state index < -0.39 is 6.04 Å². The molecule has 1 aliphatic rings. The molecule has 0 unspecified atom stereocenters. The van der Waals surface area contributed by atoms with Gasteiger partial charge in [0, 0.05) is 54.9 Å². The molecule has 0 radical (unpaired) electrons. The van der Waals surface area contributed by atoms with Crippen molar-refractivity contribution >= 4 is 28.1 Å². The van der Waals surface area contributed by atoms with E-state index in [1.165, 1.54) is 0 Å². The lowest BCUT2D eigenvalue weighted by atomic mass is 9.97. The van der Waals surface area contributed by atoms with Gasteiger partial charge in [0.1, 0.15) is 17.9 Å². The first-order valence-corrected chi connectivity index (χ1v) is 13.7. The molecule has 0 saturated carbocycles. The number of amides is 1. The fourth-order valence-corrected chi connectivity index (χ4v) is 5.63. The van der Waals surface area contributed by atoms with Crippen molar-refractivity contribution in [1.29, 1.82) is 0 Å². The molecule has 0 bridgehead atoms. The Balaban J connectivity index is 1.41. The molecule has 11 nitrogen and oxygen atoms in total. The van der Waals surface area contributed by atoms with Gasteiger partial charge in [-0.2, -0.15) is 5.10 Å². The van der Waals surface area contributed by atoms with E-state index in [0.717, 1.165) is 11.1 Å². The first kappa shape index (κ1) is 26.0. The molecular weight excluding hydrogens is 544 g/mol. The smallest absolute Gasteiger partial charge is 0.264 e. The normalized spacial score (nSPS) is 12.5. The number of aromatic nitrogens is 6. The van der Waals surface area contributed by atoms with Crippen LogP contribution >= 0.6 is 0 Å². The highest BCUT2D eigenvalue weighted by Crippen LogP contribution is 2.39. The number of aryl methyl sites for hydroxylation is 1. The van der Waals surface area contributed by atoms with E-state index in [2.05, 4.69) is 37.7 Å². The minimum atomic E-state index is -0.595. The zero-order chi connectivity index (χ0) is 29.7. The second-order valence-corrected chi connectivity index (χ2v) is 10.2. The summed E-state index contributed by atoms with van der Waals surface area (Å²) in [7, 11) is 3.53. The Morgan fingerprint density at radius 3 is 2.70 bits per heavy atom. The Labute approximate surface area is 245 Å². The van der Waals surface area contributed by atoms with Gasteiger partial charge >= 0.3 is 0 Å². The van der Waals surface area contributed by atoms with Crippen LogP contribution in [-0.4, -0.2) is 41.9 Å². The van der Waals surface area contributed by atoms with Gasteiger partial charge < -0.3 is 15.4 Å². The fraction of sp³-hybridized carbons (Fsp3) is 0.156. The van der Waals surface area contributed by atoms with Crippen LogP contribution in [0.5, 0.6) is 5.75 Å². The van der Waals surface area contributed by atoms with Gasteiger partial charge in [-0.05, 0) is 37.3 Å². The maximum Gasteiger partial charge on any atom is 0.264 e. The molecule has 4 aromatic heterocycles. The number of hydrogen-bond donors (Lipinski definition) is 2. The number of carbonyl (C=O) groups is 1. The molecule has 6 aromatic rings. The number of para-hydroxylation sites is 1. The van der Waals surface area contributed by atoms with Crippen molar-refractivity contribution in [1.82, 2.24) is 34.3 Å². The van der Waals surface area contributed by atoms with E-state index in [1.54, 1.807) is 45.5 Å². The van der Waals surface area contributed by atoms with E-state index >= 15 is 0 Å². The molecule has 11 heteroatoms. The van der Waals surface area contributed by atoms with Gasteiger partial charge in [0.2, 0.25) is 0 Å². The molecule has 1 atom stereocenters. The lowest BCUT2D eigenvalue weighted by molar-refractivity contribution is 0.0940. The summed E-state index contributed by atoms with van der Waals surface area (Å²) in [5.74, 6) is 6.94. The number of hydrogen-bond acceptors (Lipinski definition) is 7. The monoisotopic (exact) mass is 570 g/mol. The third kappa shape index (κ3) is 4.28. The maximum absolute atomic E-state index is 14.5. The van der Waals surface area contributed by atoms with Crippen LogP contribution in [0.3, 0.4) is 0 Å². The molecule has 1 amide bonds. The molecule has 2 N–H and O–H groups in total. The number of benzene rings is 2. The molecule has 0 saturated heterocycles. The van der Waals surface area contributed by atoms with E-state index in [0.29, 0.717) is 50.5 Å². The number of rotatable bonds is 5. The Kier molecular flexibility index (Phi) is 6.17. The molecule has 7 rings (SSSR count). The summed E-state index contributed by atoms with van der Waals surface area (Å²) >= 11 is 0. The van der Waals surface area contributed by atoms with E-state index in [1.807, 2.05) is 62.6 Å². The van der Waals surface area contributed by atoms with Crippen molar-refractivity contribution in [2.45, 2.75) is 19.6 Å². The quantitative estimate of drug-likeness (QED) is 0.304. The van der Waals surface area contributed by atoms with Crippen LogP contribution in [0.15, 0.2) is 78.1 Å².